The summed E-state index contributed by atoms with van der Waals surface area (Å²) in [5.74, 6) is -3.27. The van der Waals surface area contributed by atoms with Crippen molar-refractivity contribution in [2.24, 2.45) is 5.14 Å². The molecule has 14 heteroatoms. The van der Waals surface area contributed by atoms with Gasteiger partial charge in [0, 0.05) is 5.56 Å². The predicted octanol–water partition coefficient (Wildman–Crippen LogP) is 2.99. The number of nitrogens with zero attached hydrogens (tertiary/aromatic N) is 2. The first-order valence-corrected chi connectivity index (χ1v) is 15.6. The molecule has 2 amide bonds. The Morgan fingerprint density at radius 2 is 1.72 bits per heavy atom. The molecule has 0 heterocycles. The van der Waals surface area contributed by atoms with Crippen LogP contribution in [-0.4, -0.2) is 78.1 Å². The Labute approximate surface area is 257 Å². The zero-order valence-corrected chi connectivity index (χ0v) is 26.4. The van der Waals surface area contributed by atoms with Gasteiger partial charge in [-0.25, -0.2) is 23.6 Å². The lowest BCUT2D eigenvalue weighted by atomic mass is 10.0. The van der Waals surface area contributed by atoms with Gasteiger partial charge in [0.25, 0.3) is 11.8 Å². The molecule has 236 valence electrons. The number of sulfonamides is 1. The first-order valence-electron chi connectivity index (χ1n) is 13.6. The van der Waals surface area contributed by atoms with E-state index in [4.69, 9.17) is 21.5 Å². The number of nitrogens with two attached hydrogens (primary N) is 1. The molecule has 0 aliphatic carbocycles. The zero-order chi connectivity index (χ0) is 32.5. The van der Waals surface area contributed by atoms with Crippen molar-refractivity contribution in [1.82, 2.24) is 15.3 Å². The molecule has 0 saturated heterocycles. The number of hydrogen-bond acceptors (Lipinski definition) is 8. The standard InChI is InChI=1S/C29H39ClN4O8S/c1-6-42-28(39)23(15-12-20-10-8-7-9-11-20)32-19(2)26(37)34(29(3,4)5)33(17-16-25(35)36)27(38)21-13-14-22(30)24(18-21)43(31,40)41/h7-11,13-14,18-19,23,32H,6,12,15-17H2,1-5H3,(H,35,36)(H2,31,40,41)/t19-,23-/m0/s1. The molecular weight excluding hydrogens is 600 g/mol. The van der Waals surface area contributed by atoms with Crippen LogP contribution < -0.4 is 10.5 Å². The van der Waals surface area contributed by atoms with Crippen molar-refractivity contribution in [2.75, 3.05) is 13.2 Å². The van der Waals surface area contributed by atoms with Gasteiger partial charge in [-0.3, -0.25) is 24.5 Å². The summed E-state index contributed by atoms with van der Waals surface area (Å²) in [6, 6.07) is 11.0. The lowest BCUT2D eigenvalue weighted by Gasteiger charge is -2.44. The van der Waals surface area contributed by atoms with Gasteiger partial charge in [-0.2, -0.15) is 0 Å². The molecule has 2 rings (SSSR count). The third-order valence-corrected chi connectivity index (χ3v) is 7.69. The molecular formula is C29H39ClN4O8S. The molecule has 0 aliphatic heterocycles. The molecule has 4 N–H and O–H groups in total. The van der Waals surface area contributed by atoms with Crippen LogP contribution in [0.3, 0.4) is 0 Å². The summed E-state index contributed by atoms with van der Waals surface area (Å²) in [5.41, 5.74) is -0.269. The number of nitrogens with one attached hydrogen (secondary N) is 1. The summed E-state index contributed by atoms with van der Waals surface area (Å²) < 4.78 is 29.3. The lowest BCUT2D eigenvalue weighted by Crippen LogP contribution is -2.63. The maximum atomic E-state index is 14.0. The minimum Gasteiger partial charge on any atom is -0.481 e. The van der Waals surface area contributed by atoms with Gasteiger partial charge >= 0.3 is 11.9 Å². The van der Waals surface area contributed by atoms with Crippen molar-refractivity contribution in [1.29, 1.82) is 0 Å². The summed E-state index contributed by atoms with van der Waals surface area (Å²) in [4.78, 5) is 51.7. The monoisotopic (exact) mass is 638 g/mol. The molecule has 2 aromatic carbocycles. The first kappa shape index (κ1) is 35.7. The highest BCUT2D eigenvalue weighted by Gasteiger charge is 2.39. The second kappa shape index (κ2) is 15.3. The van der Waals surface area contributed by atoms with E-state index < -0.39 is 69.3 Å². The van der Waals surface area contributed by atoms with E-state index in [1.54, 1.807) is 27.7 Å². The number of esters is 1. The maximum absolute atomic E-state index is 14.0. The normalized spacial score (nSPS) is 13.1. The van der Waals surface area contributed by atoms with E-state index in [0.29, 0.717) is 12.8 Å². The van der Waals surface area contributed by atoms with E-state index in [1.807, 2.05) is 30.3 Å². The topological polar surface area (TPSA) is 176 Å². The molecule has 12 nitrogen and oxygen atoms in total. The molecule has 2 atom stereocenters. The average molecular weight is 639 g/mol. The number of hydrazine groups is 1. The van der Waals surface area contributed by atoms with E-state index in [0.717, 1.165) is 21.6 Å². The van der Waals surface area contributed by atoms with Crippen molar-refractivity contribution >= 4 is 45.4 Å². The first-order chi connectivity index (χ1) is 20.0. The number of carbonyl (C=O) groups is 4. The van der Waals surface area contributed by atoms with Gasteiger partial charge in [0.2, 0.25) is 10.0 Å². The number of primary sulfonamides is 1. The van der Waals surface area contributed by atoms with Crippen molar-refractivity contribution in [2.45, 2.75) is 76.4 Å². The van der Waals surface area contributed by atoms with E-state index in [2.05, 4.69) is 5.32 Å². The van der Waals surface area contributed by atoms with E-state index in [9.17, 15) is 32.7 Å². The Bertz CT molecular complexity index is 1410. The minimum atomic E-state index is -4.30. The van der Waals surface area contributed by atoms with Crippen LogP contribution in [0.25, 0.3) is 0 Å². The Hall–Kier alpha value is -3.52. The zero-order valence-electron chi connectivity index (χ0n) is 24.9. The third kappa shape index (κ3) is 10.3. The number of halogens is 1. The highest BCUT2D eigenvalue weighted by Crippen LogP contribution is 2.25. The number of carbonyl (C=O) groups excluding carboxylic acids is 3. The Balaban J connectivity index is 2.47. The van der Waals surface area contributed by atoms with Crippen LogP contribution >= 0.6 is 11.6 Å². The molecule has 0 unspecified atom stereocenters. The molecule has 0 bridgehead atoms. The van der Waals surface area contributed by atoms with Crippen LogP contribution in [-0.2, 0) is 35.6 Å². The summed E-state index contributed by atoms with van der Waals surface area (Å²) in [6.45, 7) is 7.85. The smallest absolute Gasteiger partial charge is 0.323 e. The summed E-state index contributed by atoms with van der Waals surface area (Å²) >= 11 is 5.98. The number of carboxylic acid groups (broad SMARTS) is 1. The Morgan fingerprint density at radius 3 is 2.26 bits per heavy atom. The number of aryl methyl sites for hydroxylation is 1. The van der Waals surface area contributed by atoms with E-state index in [1.165, 1.54) is 19.1 Å². The van der Waals surface area contributed by atoms with Crippen molar-refractivity contribution in [3.8, 4) is 0 Å². The van der Waals surface area contributed by atoms with Gasteiger partial charge in [0.15, 0.2) is 0 Å². The molecule has 0 fully saturated rings. The van der Waals surface area contributed by atoms with E-state index in [-0.39, 0.29) is 17.2 Å². The molecule has 43 heavy (non-hydrogen) atoms. The second-order valence-corrected chi connectivity index (χ2v) is 12.7. The minimum absolute atomic E-state index is 0.137. The molecule has 0 spiro atoms. The number of amides is 2. The molecule has 0 aromatic heterocycles. The Morgan fingerprint density at radius 1 is 1.09 bits per heavy atom. The maximum Gasteiger partial charge on any atom is 0.323 e. The average Bonchev–Trinajstić information content (AvgIpc) is 2.91. The van der Waals surface area contributed by atoms with Crippen LogP contribution in [0.4, 0.5) is 0 Å². The van der Waals surface area contributed by atoms with Crippen LogP contribution in [0, 0.1) is 0 Å². The van der Waals surface area contributed by atoms with Crippen molar-refractivity contribution < 1.29 is 37.4 Å². The van der Waals surface area contributed by atoms with Gasteiger partial charge in [-0.1, -0.05) is 41.9 Å². The molecule has 2 aromatic rings. The van der Waals surface area contributed by atoms with Crippen LogP contribution in [0.5, 0.6) is 0 Å². The number of ether oxygens (including phenoxy) is 1. The largest absolute Gasteiger partial charge is 0.481 e. The predicted molar refractivity (Wildman–Crippen MR) is 160 cm³/mol. The quantitative estimate of drug-likeness (QED) is 0.220. The summed E-state index contributed by atoms with van der Waals surface area (Å²) in [7, 11) is -4.30. The van der Waals surface area contributed by atoms with Gasteiger partial charge < -0.3 is 9.84 Å². The van der Waals surface area contributed by atoms with Crippen LogP contribution in [0.15, 0.2) is 53.4 Å². The fourth-order valence-corrected chi connectivity index (χ4v) is 5.40. The van der Waals surface area contributed by atoms with Gasteiger partial charge in [-0.05, 0) is 71.2 Å². The molecule has 0 radical (unpaired) electrons. The van der Waals surface area contributed by atoms with Gasteiger partial charge in [-0.15, -0.1) is 0 Å². The number of rotatable bonds is 13. The highest BCUT2D eigenvalue weighted by molar-refractivity contribution is 7.89. The van der Waals surface area contributed by atoms with Gasteiger partial charge in [0.1, 0.15) is 10.9 Å². The molecule has 0 aliphatic rings. The SMILES string of the molecule is CCOC(=O)[C@H](CCc1ccccc1)N[C@@H](C)C(=O)N(N(CCC(=O)O)C(=O)c1ccc(Cl)c(S(N)(=O)=O)c1)C(C)(C)C. The van der Waals surface area contributed by atoms with Crippen LogP contribution in [0.2, 0.25) is 5.02 Å². The lowest BCUT2D eigenvalue weighted by molar-refractivity contribution is -0.160. The number of hydrogen-bond donors (Lipinski definition) is 3. The fourth-order valence-electron chi connectivity index (χ4n) is 4.33. The summed E-state index contributed by atoms with van der Waals surface area (Å²) in [6.07, 6.45) is 0.317. The highest BCUT2D eigenvalue weighted by atomic mass is 35.5. The number of benzene rings is 2. The van der Waals surface area contributed by atoms with Crippen molar-refractivity contribution in [3.63, 3.8) is 0 Å². The summed E-state index contributed by atoms with van der Waals surface area (Å²) in [5, 5.41) is 19.5. The van der Waals surface area contributed by atoms with Crippen molar-refractivity contribution in [3.05, 3.63) is 64.7 Å². The number of aliphatic carboxylic acids is 1. The van der Waals surface area contributed by atoms with E-state index >= 15 is 0 Å². The fraction of sp³-hybridized carbons (Fsp3) is 0.448. The second-order valence-electron chi connectivity index (χ2n) is 10.8. The Kier molecular flexibility index (Phi) is 12.7. The third-order valence-electron chi connectivity index (χ3n) is 6.30. The van der Waals surface area contributed by atoms with Gasteiger partial charge in [0.05, 0.1) is 36.2 Å². The molecule has 0 saturated carbocycles. The number of carboxylic acids is 1. The van der Waals surface area contributed by atoms with Crippen LogP contribution in [0.1, 0.15) is 63.4 Å².